The van der Waals surface area contributed by atoms with Gasteiger partial charge in [0.05, 0.1) is 5.02 Å². The number of nitrogens with one attached hydrogen (secondary N) is 3. The molecular weight excluding hydrogens is 277 g/mol. The summed E-state index contributed by atoms with van der Waals surface area (Å²) >= 11 is 5.55. The molecule has 0 atom stereocenters. The summed E-state index contributed by atoms with van der Waals surface area (Å²) in [5, 5.41) is 2.21. The zero-order valence-electron chi connectivity index (χ0n) is 9.29. The number of carbonyl (C=O) groups excluding carboxylic acids is 1. The van der Waals surface area contributed by atoms with Crippen molar-refractivity contribution in [3.8, 4) is 0 Å². The first-order chi connectivity index (χ1) is 8.95. The SMILES string of the molecule is O=C(Nc1ccc(F)c(Cl)c1)c1cc(=O)[nH]c(=O)[nH]1. The molecule has 1 amide bonds. The van der Waals surface area contributed by atoms with Crippen molar-refractivity contribution in [1.82, 2.24) is 9.97 Å². The third-order valence-corrected chi connectivity index (χ3v) is 2.47. The van der Waals surface area contributed by atoms with Crippen LogP contribution in [0.3, 0.4) is 0 Å². The molecule has 8 heteroatoms. The van der Waals surface area contributed by atoms with Crippen LogP contribution < -0.4 is 16.6 Å². The Labute approximate surface area is 110 Å². The van der Waals surface area contributed by atoms with Gasteiger partial charge in [-0.3, -0.25) is 14.6 Å². The van der Waals surface area contributed by atoms with E-state index in [-0.39, 0.29) is 16.4 Å². The minimum absolute atomic E-state index is 0.155. The molecule has 1 aromatic carbocycles. The summed E-state index contributed by atoms with van der Waals surface area (Å²) in [4.78, 5) is 37.9. The topological polar surface area (TPSA) is 94.8 Å². The number of anilines is 1. The second kappa shape index (κ2) is 5.07. The molecule has 19 heavy (non-hydrogen) atoms. The first-order valence-corrected chi connectivity index (χ1v) is 5.43. The molecule has 0 spiro atoms. The molecule has 0 unspecified atom stereocenters. The molecule has 3 N–H and O–H groups in total. The molecule has 0 fully saturated rings. The lowest BCUT2D eigenvalue weighted by Gasteiger charge is -2.05. The van der Waals surface area contributed by atoms with Crippen LogP contribution >= 0.6 is 11.6 Å². The monoisotopic (exact) mass is 283 g/mol. The van der Waals surface area contributed by atoms with Crippen LogP contribution in [0.15, 0.2) is 33.9 Å². The molecule has 0 bridgehead atoms. The van der Waals surface area contributed by atoms with Crippen LogP contribution in [0.5, 0.6) is 0 Å². The van der Waals surface area contributed by atoms with Gasteiger partial charge in [0.15, 0.2) is 0 Å². The Morgan fingerprint density at radius 3 is 2.58 bits per heavy atom. The number of carbonyl (C=O) groups is 1. The maximum Gasteiger partial charge on any atom is 0.326 e. The number of amides is 1. The van der Waals surface area contributed by atoms with Gasteiger partial charge in [-0.15, -0.1) is 0 Å². The van der Waals surface area contributed by atoms with Gasteiger partial charge in [0.2, 0.25) is 0 Å². The van der Waals surface area contributed by atoms with E-state index in [1.54, 1.807) is 0 Å². The van der Waals surface area contributed by atoms with Crippen molar-refractivity contribution in [3.63, 3.8) is 0 Å². The largest absolute Gasteiger partial charge is 0.326 e. The van der Waals surface area contributed by atoms with E-state index in [2.05, 4.69) is 10.3 Å². The van der Waals surface area contributed by atoms with Crippen molar-refractivity contribution >= 4 is 23.2 Å². The van der Waals surface area contributed by atoms with E-state index in [9.17, 15) is 18.8 Å². The molecule has 0 aliphatic rings. The maximum atomic E-state index is 12.9. The molecular formula is C11H7ClFN3O3. The van der Waals surface area contributed by atoms with Crippen LogP contribution in [0, 0.1) is 5.82 Å². The van der Waals surface area contributed by atoms with E-state index in [1.165, 1.54) is 12.1 Å². The summed E-state index contributed by atoms with van der Waals surface area (Å²) in [7, 11) is 0. The van der Waals surface area contributed by atoms with Gasteiger partial charge in [-0.2, -0.15) is 0 Å². The van der Waals surface area contributed by atoms with Crippen LogP contribution in [0.1, 0.15) is 10.5 Å². The predicted octanol–water partition coefficient (Wildman–Crippen LogP) is 1.11. The van der Waals surface area contributed by atoms with E-state index in [4.69, 9.17) is 11.6 Å². The fraction of sp³-hybridized carbons (Fsp3) is 0. The Kier molecular flexibility index (Phi) is 3.48. The standard InChI is InChI=1S/C11H7ClFN3O3/c12-6-3-5(1-2-7(6)13)14-10(18)8-4-9(17)16-11(19)15-8/h1-4H,(H,14,18)(H2,15,16,17,19). The Bertz CT molecular complexity index is 725. The van der Waals surface area contributed by atoms with Gasteiger partial charge in [-0.25, -0.2) is 9.18 Å². The van der Waals surface area contributed by atoms with Crippen molar-refractivity contribution in [2.75, 3.05) is 5.32 Å². The van der Waals surface area contributed by atoms with Gasteiger partial charge in [-0.1, -0.05) is 11.6 Å². The summed E-state index contributed by atoms with van der Waals surface area (Å²) < 4.78 is 12.9. The second-order valence-corrected chi connectivity index (χ2v) is 3.99. The van der Waals surface area contributed by atoms with Gasteiger partial charge in [-0.05, 0) is 18.2 Å². The highest BCUT2D eigenvalue weighted by Crippen LogP contribution is 2.19. The normalized spacial score (nSPS) is 10.2. The molecule has 1 heterocycles. The lowest BCUT2D eigenvalue weighted by molar-refractivity contribution is 0.102. The average Bonchev–Trinajstić information content (AvgIpc) is 2.32. The van der Waals surface area contributed by atoms with E-state index in [0.717, 1.165) is 12.1 Å². The number of aromatic nitrogens is 2. The number of aromatic amines is 2. The quantitative estimate of drug-likeness (QED) is 0.770. The van der Waals surface area contributed by atoms with Crippen LogP contribution in [0.2, 0.25) is 5.02 Å². The molecule has 0 aliphatic carbocycles. The highest BCUT2D eigenvalue weighted by Gasteiger charge is 2.09. The molecule has 6 nitrogen and oxygen atoms in total. The first kappa shape index (κ1) is 13.0. The number of benzene rings is 1. The summed E-state index contributed by atoms with van der Waals surface area (Å²) in [6, 6.07) is 4.52. The fourth-order valence-corrected chi connectivity index (χ4v) is 1.54. The lowest BCUT2D eigenvalue weighted by atomic mass is 10.3. The second-order valence-electron chi connectivity index (χ2n) is 3.58. The average molecular weight is 284 g/mol. The summed E-state index contributed by atoms with van der Waals surface area (Å²) in [5.41, 5.74) is -1.48. The highest BCUT2D eigenvalue weighted by molar-refractivity contribution is 6.31. The van der Waals surface area contributed by atoms with Gasteiger partial charge in [0.25, 0.3) is 11.5 Å². The van der Waals surface area contributed by atoms with E-state index >= 15 is 0 Å². The van der Waals surface area contributed by atoms with Crippen molar-refractivity contribution in [1.29, 1.82) is 0 Å². The van der Waals surface area contributed by atoms with E-state index < -0.39 is 23.0 Å². The third-order valence-electron chi connectivity index (χ3n) is 2.18. The van der Waals surface area contributed by atoms with Gasteiger partial charge >= 0.3 is 5.69 Å². The lowest BCUT2D eigenvalue weighted by Crippen LogP contribution is -2.27. The molecule has 0 aliphatic heterocycles. The van der Waals surface area contributed by atoms with Crippen LogP contribution in [-0.2, 0) is 0 Å². The van der Waals surface area contributed by atoms with Crippen molar-refractivity contribution in [2.45, 2.75) is 0 Å². The predicted molar refractivity (Wildman–Crippen MR) is 67.0 cm³/mol. The smallest absolute Gasteiger partial charge is 0.321 e. The summed E-state index contributed by atoms with van der Waals surface area (Å²) in [5.74, 6) is -1.34. The number of hydrogen-bond acceptors (Lipinski definition) is 3. The van der Waals surface area contributed by atoms with Gasteiger partial charge in [0.1, 0.15) is 11.5 Å². The first-order valence-electron chi connectivity index (χ1n) is 5.06. The molecule has 2 aromatic rings. The summed E-state index contributed by atoms with van der Waals surface area (Å²) in [6.07, 6.45) is 0. The number of H-pyrrole nitrogens is 2. The van der Waals surface area contributed by atoms with Crippen LogP contribution in [-0.4, -0.2) is 15.9 Å². The zero-order valence-corrected chi connectivity index (χ0v) is 10.0. The fourth-order valence-electron chi connectivity index (χ4n) is 1.36. The van der Waals surface area contributed by atoms with Crippen LogP contribution in [0.4, 0.5) is 10.1 Å². The zero-order chi connectivity index (χ0) is 14.0. The van der Waals surface area contributed by atoms with E-state index in [0.29, 0.717) is 0 Å². The van der Waals surface area contributed by atoms with Crippen molar-refractivity contribution < 1.29 is 9.18 Å². The van der Waals surface area contributed by atoms with Crippen molar-refractivity contribution in [3.05, 3.63) is 61.6 Å². The molecule has 98 valence electrons. The minimum atomic E-state index is -0.796. The number of hydrogen-bond donors (Lipinski definition) is 3. The van der Waals surface area contributed by atoms with Crippen molar-refractivity contribution in [2.24, 2.45) is 0 Å². The molecule has 0 saturated carbocycles. The molecule has 0 saturated heterocycles. The highest BCUT2D eigenvalue weighted by atomic mass is 35.5. The Morgan fingerprint density at radius 2 is 1.95 bits per heavy atom. The number of halogens is 2. The molecule has 2 rings (SSSR count). The maximum absolute atomic E-state index is 12.9. The summed E-state index contributed by atoms with van der Waals surface area (Å²) in [6.45, 7) is 0. The molecule has 0 radical (unpaired) electrons. The molecule has 1 aromatic heterocycles. The minimum Gasteiger partial charge on any atom is -0.321 e. The van der Waals surface area contributed by atoms with Crippen LogP contribution in [0.25, 0.3) is 0 Å². The number of rotatable bonds is 2. The Morgan fingerprint density at radius 1 is 1.21 bits per heavy atom. The third kappa shape index (κ3) is 3.08. The van der Waals surface area contributed by atoms with Gasteiger partial charge < -0.3 is 10.3 Å². The Hall–Kier alpha value is -2.41. The van der Waals surface area contributed by atoms with E-state index in [1.807, 2.05) is 4.98 Å². The Balaban J connectivity index is 2.27. The van der Waals surface area contributed by atoms with Gasteiger partial charge in [0, 0.05) is 11.8 Å².